The summed E-state index contributed by atoms with van der Waals surface area (Å²) < 4.78 is 0. The summed E-state index contributed by atoms with van der Waals surface area (Å²) in [5, 5.41) is 9.89. The first kappa shape index (κ1) is 12.3. The summed E-state index contributed by atoms with van der Waals surface area (Å²) in [5.74, 6) is -1.55. The van der Waals surface area contributed by atoms with Crippen LogP contribution in [0, 0.1) is 5.92 Å². The number of carboxylic acids is 1. The predicted molar refractivity (Wildman–Crippen MR) is 60.3 cm³/mol. The van der Waals surface area contributed by atoms with Crippen LogP contribution in [0.2, 0.25) is 10.0 Å². The van der Waals surface area contributed by atoms with E-state index in [2.05, 4.69) is 0 Å². The highest BCUT2D eigenvalue weighted by molar-refractivity contribution is 6.33. The van der Waals surface area contributed by atoms with Crippen molar-refractivity contribution in [1.29, 1.82) is 0 Å². The van der Waals surface area contributed by atoms with Gasteiger partial charge in [-0.3, -0.25) is 4.79 Å². The third kappa shape index (κ3) is 3.38. The van der Waals surface area contributed by atoms with Crippen molar-refractivity contribution < 1.29 is 9.90 Å². The summed E-state index contributed by atoms with van der Waals surface area (Å²) in [6.45, 7) is 0.0815. The Morgan fingerprint density at radius 2 is 2.13 bits per heavy atom. The zero-order valence-corrected chi connectivity index (χ0v) is 9.42. The van der Waals surface area contributed by atoms with Gasteiger partial charge < -0.3 is 10.8 Å². The number of nitrogens with two attached hydrogens (primary N) is 1. The maximum absolute atomic E-state index is 10.8. The van der Waals surface area contributed by atoms with Crippen molar-refractivity contribution in [2.24, 2.45) is 11.7 Å². The van der Waals surface area contributed by atoms with Gasteiger partial charge in [-0.2, -0.15) is 0 Å². The van der Waals surface area contributed by atoms with E-state index in [1.807, 2.05) is 0 Å². The zero-order valence-electron chi connectivity index (χ0n) is 7.91. The SMILES string of the molecule is NC[C@@H](Cc1cc(Cl)ccc1Cl)C(=O)O. The molecule has 0 aliphatic carbocycles. The fraction of sp³-hybridized carbons (Fsp3) is 0.300. The third-order valence-corrected chi connectivity index (χ3v) is 2.71. The molecule has 0 fully saturated rings. The molecule has 1 rings (SSSR count). The zero-order chi connectivity index (χ0) is 11.4. The Labute approximate surface area is 97.8 Å². The lowest BCUT2D eigenvalue weighted by Crippen LogP contribution is -2.25. The molecule has 0 saturated carbocycles. The van der Waals surface area contributed by atoms with Gasteiger partial charge in [0.1, 0.15) is 0 Å². The molecule has 0 radical (unpaired) electrons. The minimum atomic E-state index is -0.923. The number of hydrogen-bond acceptors (Lipinski definition) is 2. The van der Waals surface area contributed by atoms with Crippen molar-refractivity contribution in [1.82, 2.24) is 0 Å². The molecule has 3 nitrogen and oxygen atoms in total. The van der Waals surface area contributed by atoms with Gasteiger partial charge in [-0.05, 0) is 30.2 Å². The summed E-state index contributed by atoms with van der Waals surface area (Å²) in [5.41, 5.74) is 6.06. The van der Waals surface area contributed by atoms with Crippen molar-refractivity contribution in [3.05, 3.63) is 33.8 Å². The van der Waals surface area contributed by atoms with Gasteiger partial charge in [-0.15, -0.1) is 0 Å². The van der Waals surface area contributed by atoms with Crippen LogP contribution in [0.15, 0.2) is 18.2 Å². The second kappa shape index (κ2) is 5.35. The van der Waals surface area contributed by atoms with Crippen LogP contribution < -0.4 is 5.73 Å². The highest BCUT2D eigenvalue weighted by Crippen LogP contribution is 2.23. The van der Waals surface area contributed by atoms with Crippen LogP contribution in [-0.4, -0.2) is 17.6 Å². The molecule has 0 saturated heterocycles. The van der Waals surface area contributed by atoms with E-state index in [-0.39, 0.29) is 6.54 Å². The molecule has 15 heavy (non-hydrogen) atoms. The number of rotatable bonds is 4. The van der Waals surface area contributed by atoms with Gasteiger partial charge in [-0.25, -0.2) is 0 Å². The molecule has 0 spiro atoms. The average molecular weight is 248 g/mol. The number of carboxylic acid groups (broad SMARTS) is 1. The summed E-state index contributed by atoms with van der Waals surface area (Å²) >= 11 is 11.7. The van der Waals surface area contributed by atoms with E-state index < -0.39 is 11.9 Å². The molecular weight excluding hydrogens is 237 g/mol. The second-order valence-electron chi connectivity index (χ2n) is 3.21. The van der Waals surface area contributed by atoms with Crippen molar-refractivity contribution >= 4 is 29.2 Å². The number of benzene rings is 1. The van der Waals surface area contributed by atoms with Gasteiger partial charge in [-0.1, -0.05) is 23.2 Å². The summed E-state index contributed by atoms with van der Waals surface area (Å²) in [6, 6.07) is 4.97. The molecule has 82 valence electrons. The van der Waals surface area contributed by atoms with Gasteiger partial charge in [0.25, 0.3) is 0 Å². The van der Waals surface area contributed by atoms with Gasteiger partial charge in [0.05, 0.1) is 5.92 Å². The van der Waals surface area contributed by atoms with E-state index in [0.29, 0.717) is 22.0 Å². The molecule has 0 unspecified atom stereocenters. The standard InChI is InChI=1S/C10H11Cl2NO2/c11-8-1-2-9(12)6(4-8)3-7(5-13)10(14)15/h1-2,4,7H,3,5,13H2,(H,14,15)/t7-/m1/s1. The average Bonchev–Trinajstić information content (AvgIpc) is 2.18. The van der Waals surface area contributed by atoms with Crippen LogP contribution in [0.25, 0.3) is 0 Å². The van der Waals surface area contributed by atoms with Crippen LogP contribution in [0.3, 0.4) is 0 Å². The smallest absolute Gasteiger partial charge is 0.308 e. The van der Waals surface area contributed by atoms with Gasteiger partial charge in [0.15, 0.2) is 0 Å². The molecule has 1 aromatic carbocycles. The van der Waals surface area contributed by atoms with E-state index in [1.54, 1.807) is 18.2 Å². The molecule has 3 N–H and O–H groups in total. The lowest BCUT2D eigenvalue weighted by Gasteiger charge is -2.11. The summed E-state index contributed by atoms with van der Waals surface area (Å²) in [6.07, 6.45) is 0.297. The largest absolute Gasteiger partial charge is 0.481 e. The van der Waals surface area contributed by atoms with Crippen molar-refractivity contribution in [2.45, 2.75) is 6.42 Å². The molecule has 0 amide bonds. The van der Waals surface area contributed by atoms with E-state index >= 15 is 0 Å². The molecule has 0 aromatic heterocycles. The Morgan fingerprint density at radius 1 is 1.47 bits per heavy atom. The van der Waals surface area contributed by atoms with Crippen LogP contribution in [0.4, 0.5) is 0 Å². The topological polar surface area (TPSA) is 63.3 Å². The number of aliphatic carboxylic acids is 1. The molecule has 5 heteroatoms. The maximum Gasteiger partial charge on any atom is 0.308 e. The lowest BCUT2D eigenvalue weighted by atomic mass is 10.00. The fourth-order valence-electron chi connectivity index (χ4n) is 1.24. The molecular formula is C10H11Cl2NO2. The fourth-order valence-corrected chi connectivity index (χ4v) is 1.63. The second-order valence-corrected chi connectivity index (χ2v) is 4.05. The number of carbonyl (C=O) groups is 1. The first-order chi connectivity index (χ1) is 7.04. The molecule has 0 aliphatic heterocycles. The highest BCUT2D eigenvalue weighted by atomic mass is 35.5. The summed E-state index contributed by atoms with van der Waals surface area (Å²) in [7, 11) is 0. The number of hydrogen-bond donors (Lipinski definition) is 2. The minimum Gasteiger partial charge on any atom is -0.481 e. The Kier molecular flexibility index (Phi) is 4.39. The predicted octanol–water partition coefficient (Wildman–Crippen LogP) is 2.20. The lowest BCUT2D eigenvalue weighted by molar-refractivity contribution is -0.141. The molecule has 0 aliphatic rings. The highest BCUT2D eigenvalue weighted by Gasteiger charge is 2.17. The molecule has 1 atom stereocenters. The Hall–Kier alpha value is -0.770. The van der Waals surface area contributed by atoms with Crippen LogP contribution >= 0.6 is 23.2 Å². The first-order valence-electron chi connectivity index (χ1n) is 4.41. The van der Waals surface area contributed by atoms with E-state index in [9.17, 15) is 4.79 Å². The van der Waals surface area contributed by atoms with Crippen molar-refractivity contribution in [3.63, 3.8) is 0 Å². The van der Waals surface area contributed by atoms with Gasteiger partial charge in [0.2, 0.25) is 0 Å². The molecule has 0 bridgehead atoms. The maximum atomic E-state index is 10.8. The van der Waals surface area contributed by atoms with Gasteiger partial charge >= 0.3 is 5.97 Å². The van der Waals surface area contributed by atoms with E-state index in [1.165, 1.54) is 0 Å². The van der Waals surface area contributed by atoms with E-state index in [4.69, 9.17) is 34.0 Å². The normalized spacial score (nSPS) is 12.5. The Balaban J connectivity index is 2.87. The summed E-state index contributed by atoms with van der Waals surface area (Å²) in [4.78, 5) is 10.8. The first-order valence-corrected chi connectivity index (χ1v) is 5.17. The van der Waals surface area contributed by atoms with Crippen LogP contribution in [0.1, 0.15) is 5.56 Å². The molecule has 0 heterocycles. The van der Waals surface area contributed by atoms with Crippen LogP contribution in [0.5, 0.6) is 0 Å². The molecule has 1 aromatic rings. The third-order valence-electron chi connectivity index (χ3n) is 2.11. The van der Waals surface area contributed by atoms with E-state index in [0.717, 1.165) is 0 Å². The van der Waals surface area contributed by atoms with Gasteiger partial charge in [0, 0.05) is 16.6 Å². The van der Waals surface area contributed by atoms with Crippen molar-refractivity contribution in [2.75, 3.05) is 6.54 Å². The van der Waals surface area contributed by atoms with Crippen LogP contribution in [-0.2, 0) is 11.2 Å². The minimum absolute atomic E-state index is 0.0815. The number of halogens is 2. The quantitative estimate of drug-likeness (QED) is 0.858. The monoisotopic (exact) mass is 247 g/mol. The Morgan fingerprint density at radius 3 is 2.67 bits per heavy atom. The Bertz CT molecular complexity index is 368. The van der Waals surface area contributed by atoms with Crippen molar-refractivity contribution in [3.8, 4) is 0 Å².